The Morgan fingerprint density at radius 2 is 1.77 bits per heavy atom. The second kappa shape index (κ2) is 11.9. The van der Waals surface area contributed by atoms with Gasteiger partial charge in [-0.1, -0.05) is 0 Å². The average molecular weight is 337 g/mol. The van der Waals surface area contributed by atoms with Gasteiger partial charge in [-0.05, 0) is 0 Å². The van der Waals surface area contributed by atoms with Gasteiger partial charge in [0.25, 0.3) is 0 Å². The predicted molar refractivity (Wildman–Crippen MR) is 83.8 cm³/mol. The van der Waals surface area contributed by atoms with Gasteiger partial charge < -0.3 is 19.9 Å². The quantitative estimate of drug-likeness (QED) is 0.426. The highest BCUT2D eigenvalue weighted by Gasteiger charge is 2.18. The minimum absolute atomic E-state index is 0.391. The molecule has 8 nitrogen and oxygen atoms in total. The molecular weight excluding hydrogens is 310 g/mol. The molecule has 0 aromatic carbocycles. The maximum absolute atomic E-state index is 11.3. The Balaban J connectivity index is 1.86. The number of rotatable bonds is 11. The smallest absolute Gasteiger partial charge is 0.245 e. The van der Waals surface area contributed by atoms with Crippen molar-refractivity contribution < 1.29 is 23.6 Å². The highest BCUT2D eigenvalue weighted by atomic mass is 32.2. The Hall–Kier alpha value is -0.580. The number of carbonyl (C=O) groups is 1. The molecule has 2 N–H and O–H groups in total. The second-order valence-corrected chi connectivity index (χ2v) is 6.29. The standard InChI is InChI=1S/C13H27N3O5S/c1-22(19)16-5-3-15(4-6-16)7-9-21-11-10-20-8-2-14-13(18)12-17/h17H,2-12H2,1H3,(H,14,18). The highest BCUT2D eigenvalue weighted by molar-refractivity contribution is 7.81. The van der Waals surface area contributed by atoms with Crippen LogP contribution in [0.1, 0.15) is 0 Å². The van der Waals surface area contributed by atoms with Gasteiger partial charge in [0.05, 0.1) is 37.4 Å². The number of piperazine rings is 1. The van der Waals surface area contributed by atoms with E-state index in [9.17, 15) is 9.00 Å². The van der Waals surface area contributed by atoms with E-state index in [2.05, 4.69) is 10.2 Å². The van der Waals surface area contributed by atoms with Crippen LogP contribution in [0.4, 0.5) is 0 Å². The molecule has 1 aliphatic heterocycles. The Kier molecular flexibility index (Phi) is 10.5. The van der Waals surface area contributed by atoms with Gasteiger partial charge >= 0.3 is 0 Å². The van der Waals surface area contributed by atoms with Crippen molar-refractivity contribution in [3.05, 3.63) is 0 Å². The molecule has 0 radical (unpaired) electrons. The van der Waals surface area contributed by atoms with Crippen molar-refractivity contribution in [3.63, 3.8) is 0 Å². The van der Waals surface area contributed by atoms with Gasteiger partial charge in [-0.3, -0.25) is 9.69 Å². The minimum Gasteiger partial charge on any atom is -0.387 e. The lowest BCUT2D eigenvalue weighted by Crippen LogP contribution is -2.47. The van der Waals surface area contributed by atoms with Crippen molar-refractivity contribution in [1.82, 2.24) is 14.5 Å². The minimum atomic E-state index is -0.865. The molecule has 0 aromatic rings. The molecule has 0 bridgehead atoms. The molecular formula is C13H27N3O5S. The van der Waals surface area contributed by atoms with Crippen LogP contribution in [0.2, 0.25) is 0 Å². The number of amides is 1. The van der Waals surface area contributed by atoms with Gasteiger partial charge in [0, 0.05) is 45.5 Å². The van der Waals surface area contributed by atoms with Gasteiger partial charge in [0.2, 0.25) is 5.91 Å². The summed E-state index contributed by atoms with van der Waals surface area (Å²) in [6.07, 6.45) is 1.72. The summed E-state index contributed by atoms with van der Waals surface area (Å²) in [5.74, 6) is -0.396. The molecule has 9 heteroatoms. The molecule has 1 amide bonds. The number of aliphatic hydroxyl groups is 1. The van der Waals surface area contributed by atoms with Crippen molar-refractivity contribution in [1.29, 1.82) is 0 Å². The van der Waals surface area contributed by atoms with Crippen LogP contribution in [0.25, 0.3) is 0 Å². The van der Waals surface area contributed by atoms with Crippen molar-refractivity contribution in [3.8, 4) is 0 Å². The number of nitrogens with one attached hydrogen (secondary N) is 1. The van der Waals surface area contributed by atoms with Crippen LogP contribution >= 0.6 is 0 Å². The van der Waals surface area contributed by atoms with Crippen molar-refractivity contribution in [2.24, 2.45) is 0 Å². The second-order valence-electron chi connectivity index (χ2n) is 4.93. The first-order valence-electron chi connectivity index (χ1n) is 7.47. The fraction of sp³-hybridized carbons (Fsp3) is 0.923. The van der Waals surface area contributed by atoms with Crippen LogP contribution in [-0.2, 0) is 25.3 Å². The lowest BCUT2D eigenvalue weighted by Gasteiger charge is -2.32. The van der Waals surface area contributed by atoms with Crippen LogP contribution < -0.4 is 5.32 Å². The summed E-state index contributed by atoms with van der Waals surface area (Å²) in [5.41, 5.74) is 0. The molecule has 1 heterocycles. The maximum Gasteiger partial charge on any atom is 0.245 e. The third-order valence-corrected chi connectivity index (χ3v) is 4.42. The van der Waals surface area contributed by atoms with Crippen LogP contribution in [0.5, 0.6) is 0 Å². The fourth-order valence-electron chi connectivity index (χ4n) is 2.04. The summed E-state index contributed by atoms with van der Waals surface area (Å²) in [6.45, 7) is 6.35. The van der Waals surface area contributed by atoms with Crippen molar-refractivity contribution in [2.45, 2.75) is 0 Å². The lowest BCUT2D eigenvalue weighted by molar-refractivity contribution is -0.124. The molecule has 0 saturated carbocycles. The predicted octanol–water partition coefficient (Wildman–Crippen LogP) is -1.96. The molecule has 130 valence electrons. The zero-order chi connectivity index (χ0) is 16.2. The molecule has 1 aliphatic rings. The van der Waals surface area contributed by atoms with E-state index in [1.165, 1.54) is 0 Å². The zero-order valence-electron chi connectivity index (χ0n) is 13.2. The fourth-order valence-corrected chi connectivity index (χ4v) is 2.72. The van der Waals surface area contributed by atoms with Gasteiger partial charge in [-0.15, -0.1) is 0 Å². The number of aliphatic hydroxyl groups excluding tert-OH is 1. The molecule has 0 aromatic heterocycles. The van der Waals surface area contributed by atoms with E-state index in [4.69, 9.17) is 14.6 Å². The van der Waals surface area contributed by atoms with E-state index in [0.717, 1.165) is 32.7 Å². The van der Waals surface area contributed by atoms with E-state index >= 15 is 0 Å². The summed E-state index contributed by atoms with van der Waals surface area (Å²) in [7, 11) is -0.865. The van der Waals surface area contributed by atoms with Gasteiger partial charge in [0.15, 0.2) is 0 Å². The van der Waals surface area contributed by atoms with Crippen LogP contribution in [-0.4, -0.2) is 103 Å². The summed E-state index contributed by atoms with van der Waals surface area (Å²) in [6, 6.07) is 0. The number of ether oxygens (including phenoxy) is 2. The van der Waals surface area contributed by atoms with Crippen LogP contribution in [0.3, 0.4) is 0 Å². The molecule has 1 saturated heterocycles. The first-order chi connectivity index (χ1) is 10.6. The van der Waals surface area contributed by atoms with Crippen molar-refractivity contribution >= 4 is 16.9 Å². The SMILES string of the molecule is CS(=O)N1CCN(CCOCCOCCNC(=O)CO)CC1. The monoisotopic (exact) mass is 337 g/mol. The summed E-state index contributed by atoms with van der Waals surface area (Å²) in [5, 5.41) is 11.0. The third kappa shape index (κ3) is 8.76. The summed E-state index contributed by atoms with van der Waals surface area (Å²) in [4.78, 5) is 13.0. The molecule has 1 rings (SSSR count). The van der Waals surface area contributed by atoms with Crippen molar-refractivity contribution in [2.75, 3.05) is 78.6 Å². The molecule has 0 spiro atoms. The van der Waals surface area contributed by atoms with E-state index in [1.807, 2.05) is 4.31 Å². The molecule has 1 unspecified atom stereocenters. The summed E-state index contributed by atoms with van der Waals surface area (Å²) < 4.78 is 24.1. The number of hydrogen-bond acceptors (Lipinski definition) is 6. The zero-order valence-corrected chi connectivity index (χ0v) is 14.0. The van der Waals surface area contributed by atoms with E-state index in [0.29, 0.717) is 33.0 Å². The Bertz CT molecular complexity index is 338. The van der Waals surface area contributed by atoms with Gasteiger partial charge in [-0.2, -0.15) is 0 Å². The van der Waals surface area contributed by atoms with Crippen LogP contribution in [0, 0.1) is 0 Å². The van der Waals surface area contributed by atoms with Gasteiger partial charge in [-0.25, -0.2) is 8.51 Å². The Morgan fingerprint density at radius 3 is 2.36 bits per heavy atom. The molecule has 0 aliphatic carbocycles. The molecule has 1 fully saturated rings. The van der Waals surface area contributed by atoms with E-state index in [-0.39, 0.29) is 0 Å². The highest BCUT2D eigenvalue weighted by Crippen LogP contribution is 2.02. The number of nitrogens with zero attached hydrogens (tertiary/aromatic N) is 2. The Labute approximate surface area is 134 Å². The number of carbonyl (C=O) groups excluding carboxylic acids is 1. The molecule has 1 atom stereocenters. The molecule has 22 heavy (non-hydrogen) atoms. The average Bonchev–Trinajstić information content (AvgIpc) is 2.53. The Morgan fingerprint density at radius 1 is 1.14 bits per heavy atom. The summed E-state index contributed by atoms with van der Waals surface area (Å²) >= 11 is 0. The van der Waals surface area contributed by atoms with E-state index < -0.39 is 23.5 Å². The van der Waals surface area contributed by atoms with Crippen LogP contribution in [0.15, 0.2) is 0 Å². The number of hydrogen-bond donors (Lipinski definition) is 2. The topological polar surface area (TPSA) is 91.3 Å². The normalized spacial score (nSPS) is 18.3. The first-order valence-corrected chi connectivity index (χ1v) is 8.99. The lowest BCUT2D eigenvalue weighted by atomic mass is 10.3. The third-order valence-electron chi connectivity index (χ3n) is 3.33. The first kappa shape index (κ1) is 19.5. The van der Waals surface area contributed by atoms with E-state index in [1.54, 1.807) is 6.26 Å². The van der Waals surface area contributed by atoms with Gasteiger partial charge in [0.1, 0.15) is 6.61 Å². The largest absolute Gasteiger partial charge is 0.387 e. The maximum atomic E-state index is 11.3.